The maximum Gasteiger partial charge on any atom is 0.161 e. The Morgan fingerprint density at radius 3 is 2.33 bits per heavy atom. The Kier molecular flexibility index (Phi) is 5.02. The quantitative estimate of drug-likeness (QED) is 0.664. The monoisotopic (exact) mass is 303 g/mol. The number of anilines is 1. The van der Waals surface area contributed by atoms with Crippen LogP contribution in [0.1, 0.15) is 16.7 Å². The third-order valence-electron chi connectivity index (χ3n) is 3.39. The first-order valence-electron chi connectivity index (χ1n) is 6.75. The van der Waals surface area contributed by atoms with Crippen LogP contribution in [-0.2, 0) is 5.75 Å². The zero-order valence-electron chi connectivity index (χ0n) is 12.9. The van der Waals surface area contributed by atoms with E-state index in [0.29, 0.717) is 0 Å². The molecule has 112 valence electrons. The van der Waals surface area contributed by atoms with E-state index in [1.807, 2.05) is 24.3 Å². The molecule has 0 aliphatic heterocycles. The molecular formula is C17H21NO2S. The lowest BCUT2D eigenvalue weighted by Gasteiger charge is -2.13. The number of nitrogens with two attached hydrogens (primary N) is 1. The van der Waals surface area contributed by atoms with Crippen molar-refractivity contribution in [2.45, 2.75) is 24.5 Å². The minimum atomic E-state index is 0.760. The molecule has 3 nitrogen and oxygen atoms in total. The maximum atomic E-state index is 6.03. The summed E-state index contributed by atoms with van der Waals surface area (Å²) in [6.45, 7) is 4.16. The van der Waals surface area contributed by atoms with Crippen molar-refractivity contribution >= 4 is 17.4 Å². The molecule has 0 fully saturated rings. The van der Waals surface area contributed by atoms with E-state index in [0.717, 1.165) is 27.8 Å². The Hall–Kier alpha value is -1.81. The lowest BCUT2D eigenvalue weighted by molar-refractivity contribution is 0.354. The van der Waals surface area contributed by atoms with E-state index < -0.39 is 0 Å². The fourth-order valence-electron chi connectivity index (χ4n) is 2.10. The highest BCUT2D eigenvalue weighted by Crippen LogP contribution is 2.34. The van der Waals surface area contributed by atoms with Crippen LogP contribution >= 0.6 is 11.8 Å². The van der Waals surface area contributed by atoms with Gasteiger partial charge in [-0.25, -0.2) is 0 Å². The van der Waals surface area contributed by atoms with Gasteiger partial charge in [-0.05, 0) is 54.8 Å². The predicted molar refractivity (Wildman–Crippen MR) is 89.4 cm³/mol. The van der Waals surface area contributed by atoms with Gasteiger partial charge in [0.25, 0.3) is 0 Å². The molecule has 0 aromatic heterocycles. The average molecular weight is 303 g/mol. The Labute approximate surface area is 130 Å². The summed E-state index contributed by atoms with van der Waals surface area (Å²) in [5.41, 5.74) is 10.5. The fourth-order valence-corrected chi connectivity index (χ4v) is 3.23. The second-order valence-electron chi connectivity index (χ2n) is 4.96. The maximum absolute atomic E-state index is 6.03. The van der Waals surface area contributed by atoms with Crippen molar-refractivity contribution in [3.63, 3.8) is 0 Å². The van der Waals surface area contributed by atoms with E-state index in [4.69, 9.17) is 15.2 Å². The minimum Gasteiger partial charge on any atom is -0.493 e. The van der Waals surface area contributed by atoms with Crippen molar-refractivity contribution < 1.29 is 9.47 Å². The zero-order chi connectivity index (χ0) is 15.4. The molecule has 0 saturated heterocycles. The molecule has 0 bridgehead atoms. The van der Waals surface area contributed by atoms with Gasteiger partial charge in [0.2, 0.25) is 0 Å². The number of nitrogen functional groups attached to an aromatic ring is 1. The zero-order valence-corrected chi connectivity index (χ0v) is 13.7. The van der Waals surface area contributed by atoms with Crippen molar-refractivity contribution in [1.29, 1.82) is 0 Å². The van der Waals surface area contributed by atoms with Gasteiger partial charge in [-0.15, -0.1) is 11.8 Å². The van der Waals surface area contributed by atoms with E-state index in [2.05, 4.69) is 19.9 Å². The Morgan fingerprint density at radius 2 is 1.67 bits per heavy atom. The van der Waals surface area contributed by atoms with Gasteiger partial charge in [-0.3, -0.25) is 0 Å². The molecule has 2 aromatic carbocycles. The molecular weight excluding hydrogens is 282 g/mol. The summed E-state index contributed by atoms with van der Waals surface area (Å²) in [6.07, 6.45) is 0. The highest BCUT2D eigenvalue weighted by atomic mass is 32.2. The molecule has 2 N–H and O–H groups in total. The summed E-state index contributed by atoms with van der Waals surface area (Å²) in [4.78, 5) is 1.11. The first-order valence-corrected chi connectivity index (χ1v) is 7.74. The number of hydrogen-bond donors (Lipinski definition) is 1. The van der Waals surface area contributed by atoms with E-state index in [9.17, 15) is 0 Å². The SMILES string of the molecule is COc1cc(C)c(CSc2cc(C)ccc2N)cc1OC. The van der Waals surface area contributed by atoms with Crippen LogP contribution in [0.2, 0.25) is 0 Å². The molecule has 0 saturated carbocycles. The lowest BCUT2D eigenvalue weighted by Crippen LogP contribution is -1.95. The summed E-state index contributed by atoms with van der Waals surface area (Å²) < 4.78 is 10.7. The first kappa shape index (κ1) is 15.6. The van der Waals surface area contributed by atoms with Crippen LogP contribution in [0.5, 0.6) is 11.5 Å². The van der Waals surface area contributed by atoms with E-state index >= 15 is 0 Å². The Balaban J connectivity index is 2.21. The minimum absolute atomic E-state index is 0.760. The van der Waals surface area contributed by atoms with E-state index in [-0.39, 0.29) is 0 Å². The topological polar surface area (TPSA) is 44.5 Å². The molecule has 0 radical (unpaired) electrons. The number of benzene rings is 2. The summed E-state index contributed by atoms with van der Waals surface area (Å²) >= 11 is 1.74. The molecule has 0 aliphatic rings. The van der Waals surface area contributed by atoms with Gasteiger partial charge in [0.05, 0.1) is 14.2 Å². The van der Waals surface area contributed by atoms with Gasteiger partial charge in [0.1, 0.15) is 0 Å². The van der Waals surface area contributed by atoms with Gasteiger partial charge in [-0.1, -0.05) is 6.07 Å². The Morgan fingerprint density at radius 1 is 1.00 bits per heavy atom. The number of methoxy groups -OCH3 is 2. The largest absolute Gasteiger partial charge is 0.493 e. The molecule has 0 heterocycles. The summed E-state index contributed by atoms with van der Waals surface area (Å²) in [6, 6.07) is 10.2. The van der Waals surface area contributed by atoms with Crippen molar-refractivity contribution in [2.75, 3.05) is 20.0 Å². The van der Waals surface area contributed by atoms with Gasteiger partial charge in [0.15, 0.2) is 11.5 Å². The number of ether oxygens (including phenoxy) is 2. The molecule has 2 aromatic rings. The highest BCUT2D eigenvalue weighted by Gasteiger charge is 2.09. The normalized spacial score (nSPS) is 10.5. The van der Waals surface area contributed by atoms with Crippen molar-refractivity contribution in [3.8, 4) is 11.5 Å². The number of rotatable bonds is 5. The van der Waals surface area contributed by atoms with Crippen LogP contribution in [0, 0.1) is 13.8 Å². The van der Waals surface area contributed by atoms with Crippen LogP contribution < -0.4 is 15.2 Å². The van der Waals surface area contributed by atoms with Crippen LogP contribution in [0.4, 0.5) is 5.69 Å². The molecule has 2 rings (SSSR count). The summed E-state index contributed by atoms with van der Waals surface area (Å²) in [7, 11) is 3.31. The second-order valence-corrected chi connectivity index (χ2v) is 5.98. The molecule has 0 spiro atoms. The number of hydrogen-bond acceptors (Lipinski definition) is 4. The second kappa shape index (κ2) is 6.76. The van der Waals surface area contributed by atoms with Gasteiger partial charge < -0.3 is 15.2 Å². The molecule has 0 amide bonds. The Bertz CT molecular complexity index is 641. The van der Waals surface area contributed by atoms with E-state index in [1.54, 1.807) is 26.0 Å². The number of aryl methyl sites for hydroxylation is 2. The van der Waals surface area contributed by atoms with Gasteiger partial charge in [0, 0.05) is 16.3 Å². The predicted octanol–water partition coefficient (Wildman–Crippen LogP) is 4.20. The molecule has 0 unspecified atom stereocenters. The molecule has 21 heavy (non-hydrogen) atoms. The molecule has 0 atom stereocenters. The van der Waals surface area contributed by atoms with Crippen LogP contribution in [0.3, 0.4) is 0 Å². The van der Waals surface area contributed by atoms with Crippen LogP contribution in [-0.4, -0.2) is 14.2 Å². The van der Waals surface area contributed by atoms with Gasteiger partial charge >= 0.3 is 0 Å². The number of thioether (sulfide) groups is 1. The lowest BCUT2D eigenvalue weighted by atomic mass is 10.1. The van der Waals surface area contributed by atoms with Gasteiger partial charge in [-0.2, -0.15) is 0 Å². The first-order chi connectivity index (χ1) is 10.0. The van der Waals surface area contributed by atoms with Crippen LogP contribution in [0.25, 0.3) is 0 Å². The fraction of sp³-hybridized carbons (Fsp3) is 0.294. The smallest absolute Gasteiger partial charge is 0.161 e. The molecule has 0 aliphatic carbocycles. The molecule has 4 heteroatoms. The standard InChI is InChI=1S/C17H21NO2S/c1-11-5-6-14(18)17(7-11)21-10-13-9-16(20-4)15(19-3)8-12(13)2/h5-9H,10,18H2,1-4H3. The van der Waals surface area contributed by atoms with Crippen molar-refractivity contribution in [3.05, 3.63) is 47.0 Å². The third kappa shape index (κ3) is 3.64. The highest BCUT2D eigenvalue weighted by molar-refractivity contribution is 7.98. The van der Waals surface area contributed by atoms with Crippen LogP contribution in [0.15, 0.2) is 35.2 Å². The third-order valence-corrected chi connectivity index (χ3v) is 4.51. The van der Waals surface area contributed by atoms with Crippen molar-refractivity contribution in [1.82, 2.24) is 0 Å². The average Bonchev–Trinajstić information content (AvgIpc) is 2.48. The summed E-state index contributed by atoms with van der Waals surface area (Å²) in [5, 5.41) is 0. The van der Waals surface area contributed by atoms with E-state index in [1.165, 1.54) is 16.7 Å². The summed E-state index contributed by atoms with van der Waals surface area (Å²) in [5.74, 6) is 2.37. The van der Waals surface area contributed by atoms with Crippen molar-refractivity contribution in [2.24, 2.45) is 0 Å².